The Morgan fingerprint density at radius 1 is 1.21 bits per heavy atom. The number of imide groups is 1. The van der Waals surface area contributed by atoms with Gasteiger partial charge in [-0.2, -0.15) is 0 Å². The number of amides is 5. The van der Waals surface area contributed by atoms with Crippen LogP contribution in [0.2, 0.25) is 0 Å². The van der Waals surface area contributed by atoms with Gasteiger partial charge in [0.2, 0.25) is 10.0 Å². The first-order valence-corrected chi connectivity index (χ1v) is 13.6. The normalized spacial score (nSPS) is 25.1. The molecular formula is C21H26N5NaO9S2. The number of aliphatic imine (C=N–C) groups is 1. The van der Waals surface area contributed by atoms with Crippen LogP contribution in [0.3, 0.4) is 0 Å². The zero-order valence-electron chi connectivity index (χ0n) is 21.0. The number of fused-ring (bicyclic) bond motifs is 1. The van der Waals surface area contributed by atoms with Crippen molar-refractivity contribution in [3.8, 4) is 0 Å². The predicted molar refractivity (Wildman–Crippen MR) is 130 cm³/mol. The number of benzene rings is 1. The number of rotatable bonds is 6. The van der Waals surface area contributed by atoms with Gasteiger partial charge in [-0.1, -0.05) is 30.3 Å². The van der Waals surface area contributed by atoms with Crippen molar-refractivity contribution in [2.75, 3.05) is 19.3 Å². The van der Waals surface area contributed by atoms with Crippen molar-refractivity contribution in [1.29, 1.82) is 0 Å². The number of sulfonamides is 1. The summed E-state index contributed by atoms with van der Waals surface area (Å²) >= 11 is 1.23. The number of thioether (sulfide) groups is 1. The maximum Gasteiger partial charge on any atom is 1.00 e. The quantitative estimate of drug-likeness (QED) is 0.144. The molecule has 14 nitrogen and oxygen atoms in total. The molecule has 0 radical (unpaired) electrons. The van der Waals surface area contributed by atoms with E-state index in [1.165, 1.54) is 16.7 Å². The Kier molecular flexibility index (Phi) is 9.55. The fraction of sp³-hybridized carbons (Fsp3) is 0.476. The van der Waals surface area contributed by atoms with Gasteiger partial charge >= 0.3 is 47.6 Å². The van der Waals surface area contributed by atoms with E-state index in [0.717, 1.165) is 6.26 Å². The second kappa shape index (κ2) is 11.4. The first-order valence-electron chi connectivity index (χ1n) is 10.9. The monoisotopic (exact) mass is 579 g/mol. The minimum atomic E-state index is -3.87. The number of carbonyl (C=O) groups is 4. The Morgan fingerprint density at radius 3 is 2.34 bits per heavy atom. The predicted octanol–water partition coefficient (Wildman–Crippen LogP) is -4.41. The van der Waals surface area contributed by atoms with Gasteiger partial charge in [0, 0.05) is 4.75 Å². The summed E-state index contributed by atoms with van der Waals surface area (Å²) < 4.78 is 23.3. The minimum absolute atomic E-state index is 0. The zero-order chi connectivity index (χ0) is 26.6. The standard InChI is InChI=1S/C21H25N5O8S2.Na.H2O/c1-21(2)14(18(29)30)26-16(28)13(17(26)35-21)22-15(27)12(11-7-5-4-6-8-11)23-19(31)24-9-10-25(20(24)32)36(3,33)34;;/h4-8,12-14,17H,9-10H2,1-3H3,(H,22,27)(H,23,31)(H,29,30);;1H2/q;+1;/p-1/t12-,13+,14-,17+;;/m0../s1. The maximum absolute atomic E-state index is 13.2. The molecular weight excluding hydrogens is 553 g/mol. The van der Waals surface area contributed by atoms with Crippen LogP contribution in [0.4, 0.5) is 9.59 Å². The van der Waals surface area contributed by atoms with Gasteiger partial charge in [-0.3, -0.25) is 9.79 Å². The molecule has 38 heavy (non-hydrogen) atoms. The summed E-state index contributed by atoms with van der Waals surface area (Å²) in [6.07, 6.45) is 0.845. The molecule has 0 aliphatic carbocycles. The molecule has 1 aromatic carbocycles. The summed E-state index contributed by atoms with van der Waals surface area (Å²) in [6, 6.07) is 2.45. The largest absolute Gasteiger partial charge is 1.00 e. The van der Waals surface area contributed by atoms with Gasteiger partial charge in [-0.25, -0.2) is 32.0 Å². The van der Waals surface area contributed by atoms with Crippen molar-refractivity contribution in [3.63, 3.8) is 0 Å². The fourth-order valence-corrected chi connectivity index (χ4v) is 6.88. The van der Waals surface area contributed by atoms with Crippen LogP contribution in [0.5, 0.6) is 0 Å². The van der Waals surface area contributed by atoms with Crippen molar-refractivity contribution in [2.24, 2.45) is 4.99 Å². The zero-order valence-corrected chi connectivity index (χ0v) is 24.7. The first-order chi connectivity index (χ1) is 16.7. The Hall–Kier alpha value is -2.37. The van der Waals surface area contributed by atoms with Crippen LogP contribution in [-0.4, -0.2) is 104 Å². The number of carboxylic acids is 1. The molecule has 3 saturated heterocycles. The number of hydrogen-bond donors (Lipinski definition) is 2. The van der Waals surface area contributed by atoms with Crippen LogP contribution in [0, 0.1) is 0 Å². The van der Waals surface area contributed by atoms with Crippen molar-refractivity contribution >= 4 is 51.6 Å². The Labute approximate surface area is 245 Å². The van der Waals surface area contributed by atoms with Gasteiger partial charge in [-0.15, -0.1) is 11.8 Å². The van der Waals surface area contributed by atoms with E-state index in [9.17, 15) is 37.8 Å². The molecule has 4 rings (SSSR count). The van der Waals surface area contributed by atoms with E-state index in [0.29, 0.717) is 14.8 Å². The van der Waals surface area contributed by atoms with Gasteiger partial charge in [0.15, 0.2) is 6.04 Å². The summed E-state index contributed by atoms with van der Waals surface area (Å²) in [5.74, 6) is -2.62. The third-order valence-corrected chi connectivity index (χ3v) is 8.87. The van der Waals surface area contributed by atoms with Crippen molar-refractivity contribution < 1.29 is 72.8 Å². The molecule has 17 heteroatoms. The molecule has 0 bridgehead atoms. The van der Waals surface area contributed by atoms with Crippen LogP contribution in [0.25, 0.3) is 0 Å². The van der Waals surface area contributed by atoms with Gasteiger partial charge in [0.1, 0.15) is 11.4 Å². The van der Waals surface area contributed by atoms with E-state index in [2.05, 4.69) is 10.3 Å². The summed E-state index contributed by atoms with van der Waals surface area (Å²) in [4.78, 5) is 55.7. The Balaban J connectivity index is 0.00000253. The number of carboxylic acid groups (broad SMARTS) is 1. The molecule has 0 aromatic heterocycles. The van der Waals surface area contributed by atoms with Gasteiger partial charge in [0.25, 0.3) is 5.91 Å². The van der Waals surface area contributed by atoms with E-state index < -0.39 is 68.1 Å². The number of β-lactam (4-membered cyclic amide) rings is 1. The number of nitrogens with one attached hydrogen (secondary N) is 1. The van der Waals surface area contributed by atoms with E-state index in [1.54, 1.807) is 44.2 Å². The molecule has 0 spiro atoms. The smallest absolute Gasteiger partial charge is 0.860 e. The second-order valence-electron chi connectivity index (χ2n) is 9.07. The summed E-state index contributed by atoms with van der Waals surface area (Å²) in [5, 5.41) is 24.6. The Morgan fingerprint density at radius 2 is 1.82 bits per heavy atom. The van der Waals surface area contributed by atoms with E-state index in [-0.39, 0.29) is 48.1 Å². The molecule has 5 amide bonds. The van der Waals surface area contributed by atoms with Crippen molar-refractivity contribution in [2.45, 2.75) is 42.1 Å². The van der Waals surface area contributed by atoms with E-state index in [4.69, 9.17) is 0 Å². The maximum atomic E-state index is 13.2. The molecule has 3 fully saturated rings. The third kappa shape index (κ3) is 5.65. The van der Waals surface area contributed by atoms with Crippen molar-refractivity contribution in [3.05, 3.63) is 35.9 Å². The average Bonchev–Trinajstić information content (AvgIpc) is 3.31. The van der Waals surface area contributed by atoms with Crippen LogP contribution >= 0.6 is 11.8 Å². The Bertz CT molecular complexity index is 1260. The molecule has 0 unspecified atom stereocenters. The van der Waals surface area contributed by atoms with Crippen LogP contribution < -0.4 is 40.0 Å². The van der Waals surface area contributed by atoms with Gasteiger partial charge in [-0.05, 0) is 25.3 Å². The SMILES string of the molecule is CC1(C)S[C@@H]2[C@H](N=C([O-])[C@@H](NC(=O)N3CCN(S(C)(=O)=O)C3=O)c3ccccc3)C(=O)N2[C@H]1C(=O)O.O.[Na+]. The molecule has 3 aliphatic rings. The summed E-state index contributed by atoms with van der Waals surface area (Å²) in [5.41, 5.74) is 0.331. The molecule has 202 valence electrons. The summed E-state index contributed by atoms with van der Waals surface area (Å²) in [7, 11) is -3.87. The van der Waals surface area contributed by atoms with Gasteiger partial charge < -0.3 is 25.9 Å². The van der Waals surface area contributed by atoms with Crippen LogP contribution in [-0.2, 0) is 19.6 Å². The number of nitrogens with zero attached hydrogens (tertiary/aromatic N) is 4. The minimum Gasteiger partial charge on any atom is -0.860 e. The summed E-state index contributed by atoms with van der Waals surface area (Å²) in [6.45, 7) is 2.97. The molecule has 3 heterocycles. The first kappa shape index (κ1) is 31.8. The van der Waals surface area contributed by atoms with E-state index >= 15 is 0 Å². The van der Waals surface area contributed by atoms with E-state index in [1.807, 2.05) is 0 Å². The topological polar surface area (TPSA) is 211 Å². The second-order valence-corrected chi connectivity index (χ2v) is 12.8. The molecule has 3 aliphatic heterocycles. The molecule has 1 aromatic rings. The van der Waals surface area contributed by atoms with Crippen molar-refractivity contribution in [1.82, 2.24) is 19.4 Å². The van der Waals surface area contributed by atoms with Crippen LogP contribution in [0.1, 0.15) is 25.5 Å². The fourth-order valence-electron chi connectivity index (χ4n) is 4.47. The average molecular weight is 580 g/mol. The third-order valence-electron chi connectivity index (χ3n) is 6.18. The number of aliphatic carboxylic acids is 1. The molecule has 4 N–H and O–H groups in total. The van der Waals surface area contributed by atoms with Gasteiger partial charge in [0.05, 0.1) is 25.4 Å². The number of carbonyl (C=O) groups excluding carboxylic acids is 3. The number of urea groups is 2. The number of hydrogen-bond acceptors (Lipinski definition) is 9. The van der Waals surface area contributed by atoms with Crippen LogP contribution in [0.15, 0.2) is 35.3 Å². The molecule has 0 saturated carbocycles. The molecule has 4 atom stereocenters.